The first-order chi connectivity index (χ1) is 12.9. The summed E-state index contributed by atoms with van der Waals surface area (Å²) in [6.45, 7) is 7.96. The van der Waals surface area contributed by atoms with E-state index >= 15 is 0 Å². The lowest BCUT2D eigenvalue weighted by Crippen LogP contribution is -2.11. The Morgan fingerprint density at radius 3 is 2.67 bits per heavy atom. The average Bonchev–Trinajstić information content (AvgIpc) is 3.03. The molecule has 0 fully saturated rings. The number of thiophene rings is 1. The molecule has 0 aliphatic rings. The number of ether oxygens (including phenoxy) is 2. The van der Waals surface area contributed by atoms with Gasteiger partial charge in [0, 0.05) is 11.0 Å². The summed E-state index contributed by atoms with van der Waals surface area (Å²) in [6.07, 6.45) is 4.02. The highest BCUT2D eigenvalue weighted by atomic mass is 32.1. The number of hydrogen-bond donors (Lipinski definition) is 1. The first-order valence-electron chi connectivity index (χ1n) is 8.98. The molecule has 144 valence electrons. The summed E-state index contributed by atoms with van der Waals surface area (Å²) in [7, 11) is 0. The van der Waals surface area contributed by atoms with E-state index in [0.29, 0.717) is 10.6 Å². The minimum absolute atomic E-state index is 0.0837. The Hall–Kier alpha value is -2.60. The van der Waals surface area contributed by atoms with Crippen LogP contribution in [0.4, 0.5) is 5.00 Å². The minimum Gasteiger partial charge on any atom is -0.491 e. The smallest absolute Gasteiger partial charge is 0.341 e. The van der Waals surface area contributed by atoms with Crippen LogP contribution in [0.15, 0.2) is 36.4 Å². The van der Waals surface area contributed by atoms with Crippen LogP contribution >= 0.6 is 11.3 Å². The fourth-order valence-corrected chi connectivity index (χ4v) is 3.35. The number of rotatable bonds is 8. The zero-order valence-electron chi connectivity index (χ0n) is 16.1. The lowest BCUT2D eigenvalue weighted by atomic mass is 10.2. The van der Waals surface area contributed by atoms with Crippen LogP contribution in [0.5, 0.6) is 5.75 Å². The first-order valence-corrected chi connectivity index (χ1v) is 9.80. The number of benzene rings is 1. The third-order valence-electron chi connectivity index (χ3n) is 3.52. The predicted octanol–water partition coefficient (Wildman–Crippen LogP) is 4.93. The van der Waals surface area contributed by atoms with E-state index in [2.05, 4.69) is 5.32 Å². The molecule has 0 radical (unpaired) electrons. The SMILES string of the molecule is CCOC(=O)c1cc(CC)sc1NC(=O)/C=C/c1cccc(OC(C)C)c1. The second-order valence-corrected chi connectivity index (χ2v) is 7.23. The van der Waals surface area contributed by atoms with Crippen LogP contribution in [0.3, 0.4) is 0 Å². The van der Waals surface area contributed by atoms with Crippen LogP contribution in [0.2, 0.25) is 0 Å². The number of anilines is 1. The van der Waals surface area contributed by atoms with E-state index in [1.54, 1.807) is 19.1 Å². The van der Waals surface area contributed by atoms with E-state index in [4.69, 9.17) is 9.47 Å². The Morgan fingerprint density at radius 2 is 2.00 bits per heavy atom. The van der Waals surface area contributed by atoms with Crippen molar-refractivity contribution in [2.75, 3.05) is 11.9 Å². The lowest BCUT2D eigenvalue weighted by molar-refractivity contribution is -0.111. The van der Waals surface area contributed by atoms with E-state index < -0.39 is 5.97 Å². The van der Waals surface area contributed by atoms with E-state index in [9.17, 15) is 9.59 Å². The molecule has 6 heteroatoms. The number of amides is 1. The zero-order valence-corrected chi connectivity index (χ0v) is 16.9. The number of aryl methyl sites for hydroxylation is 1. The maximum absolute atomic E-state index is 12.3. The Labute approximate surface area is 164 Å². The summed E-state index contributed by atoms with van der Waals surface area (Å²) >= 11 is 1.39. The highest BCUT2D eigenvalue weighted by Crippen LogP contribution is 2.29. The summed E-state index contributed by atoms with van der Waals surface area (Å²) in [4.78, 5) is 25.4. The van der Waals surface area contributed by atoms with Crippen LogP contribution in [0.25, 0.3) is 6.08 Å². The summed E-state index contributed by atoms with van der Waals surface area (Å²) in [6, 6.07) is 9.28. The van der Waals surface area contributed by atoms with Gasteiger partial charge < -0.3 is 14.8 Å². The van der Waals surface area contributed by atoms with Crippen molar-refractivity contribution in [2.45, 2.75) is 40.2 Å². The molecule has 0 unspecified atom stereocenters. The van der Waals surface area contributed by atoms with Crippen molar-refractivity contribution in [1.82, 2.24) is 0 Å². The summed E-state index contributed by atoms with van der Waals surface area (Å²) < 4.78 is 10.7. The maximum Gasteiger partial charge on any atom is 0.341 e. The number of carbonyl (C=O) groups is 2. The average molecular weight is 388 g/mol. The van der Waals surface area contributed by atoms with Gasteiger partial charge in [-0.1, -0.05) is 19.1 Å². The normalized spacial score (nSPS) is 11.0. The van der Waals surface area contributed by atoms with Gasteiger partial charge in [-0.15, -0.1) is 11.3 Å². The molecule has 0 aliphatic carbocycles. The van der Waals surface area contributed by atoms with E-state index in [1.807, 2.05) is 45.0 Å². The highest BCUT2D eigenvalue weighted by molar-refractivity contribution is 7.16. The Balaban J connectivity index is 2.10. The Kier molecular flexibility index (Phi) is 7.61. The van der Waals surface area contributed by atoms with Crippen molar-refractivity contribution in [3.05, 3.63) is 52.4 Å². The molecule has 0 aliphatic heterocycles. The van der Waals surface area contributed by atoms with Crippen LogP contribution in [-0.4, -0.2) is 24.6 Å². The Bertz CT molecular complexity index is 823. The van der Waals surface area contributed by atoms with Crippen molar-refractivity contribution in [1.29, 1.82) is 0 Å². The summed E-state index contributed by atoms with van der Waals surface area (Å²) in [5.41, 5.74) is 1.25. The van der Waals surface area contributed by atoms with E-state index in [-0.39, 0.29) is 18.6 Å². The highest BCUT2D eigenvalue weighted by Gasteiger charge is 2.17. The summed E-state index contributed by atoms with van der Waals surface area (Å²) in [5, 5.41) is 3.29. The molecule has 1 aromatic carbocycles. The van der Waals surface area contributed by atoms with Crippen LogP contribution in [0, 0.1) is 0 Å². The van der Waals surface area contributed by atoms with Gasteiger partial charge in [0.05, 0.1) is 18.3 Å². The molecular formula is C21H25NO4S. The fraction of sp³-hybridized carbons (Fsp3) is 0.333. The maximum atomic E-state index is 12.3. The second-order valence-electron chi connectivity index (χ2n) is 6.09. The van der Waals surface area contributed by atoms with Gasteiger partial charge in [0.25, 0.3) is 0 Å². The zero-order chi connectivity index (χ0) is 19.8. The molecule has 0 bridgehead atoms. The molecule has 0 spiro atoms. The number of nitrogens with one attached hydrogen (secondary N) is 1. The van der Waals surface area contributed by atoms with Gasteiger partial charge in [-0.05, 0) is 57.0 Å². The largest absolute Gasteiger partial charge is 0.491 e. The molecule has 1 aromatic heterocycles. The quantitative estimate of drug-likeness (QED) is 0.515. The number of hydrogen-bond acceptors (Lipinski definition) is 5. The summed E-state index contributed by atoms with van der Waals surface area (Å²) in [5.74, 6) is 0.0227. The fourth-order valence-electron chi connectivity index (χ4n) is 2.36. The van der Waals surface area contributed by atoms with Crippen molar-refractivity contribution in [3.8, 4) is 5.75 Å². The van der Waals surface area contributed by atoms with E-state index in [1.165, 1.54) is 17.4 Å². The molecule has 0 saturated carbocycles. The van der Waals surface area contributed by atoms with Gasteiger partial charge in [-0.2, -0.15) is 0 Å². The Morgan fingerprint density at radius 1 is 1.22 bits per heavy atom. The number of esters is 1. The van der Waals surface area contributed by atoms with Crippen molar-refractivity contribution < 1.29 is 19.1 Å². The topological polar surface area (TPSA) is 64.6 Å². The van der Waals surface area contributed by atoms with Crippen molar-refractivity contribution in [3.63, 3.8) is 0 Å². The second kappa shape index (κ2) is 9.92. The standard InChI is InChI=1S/C21H25NO4S/c1-5-17-13-18(21(24)25-6-2)20(27-17)22-19(23)11-10-15-8-7-9-16(12-15)26-14(3)4/h7-14H,5-6H2,1-4H3,(H,22,23)/b11-10+. The molecule has 5 nitrogen and oxygen atoms in total. The van der Waals surface area contributed by atoms with Gasteiger partial charge in [0.1, 0.15) is 10.8 Å². The van der Waals surface area contributed by atoms with Gasteiger partial charge >= 0.3 is 5.97 Å². The molecule has 1 N–H and O–H groups in total. The third-order valence-corrected chi connectivity index (χ3v) is 4.72. The molecule has 1 heterocycles. The lowest BCUT2D eigenvalue weighted by Gasteiger charge is -2.09. The van der Waals surface area contributed by atoms with Gasteiger partial charge in [-0.3, -0.25) is 4.79 Å². The predicted molar refractivity (Wildman–Crippen MR) is 110 cm³/mol. The van der Waals surface area contributed by atoms with Gasteiger partial charge in [0.2, 0.25) is 5.91 Å². The molecule has 0 saturated heterocycles. The molecule has 1 amide bonds. The monoisotopic (exact) mass is 387 g/mol. The third kappa shape index (κ3) is 6.25. The van der Waals surface area contributed by atoms with Gasteiger partial charge in [-0.25, -0.2) is 4.79 Å². The molecule has 27 heavy (non-hydrogen) atoms. The molecule has 2 aromatic rings. The van der Waals surface area contributed by atoms with Crippen LogP contribution in [-0.2, 0) is 16.0 Å². The number of carbonyl (C=O) groups excluding carboxylic acids is 2. The van der Waals surface area contributed by atoms with Gasteiger partial charge in [0.15, 0.2) is 0 Å². The van der Waals surface area contributed by atoms with Crippen molar-refractivity contribution in [2.24, 2.45) is 0 Å². The van der Waals surface area contributed by atoms with Crippen LogP contribution in [0.1, 0.15) is 48.5 Å². The van der Waals surface area contributed by atoms with E-state index in [0.717, 1.165) is 22.6 Å². The minimum atomic E-state index is -0.425. The van der Waals surface area contributed by atoms with Crippen LogP contribution < -0.4 is 10.1 Å². The molecule has 2 rings (SSSR count). The first kappa shape index (κ1) is 20.7. The molecular weight excluding hydrogens is 362 g/mol. The van der Waals surface area contributed by atoms with Crippen molar-refractivity contribution >= 4 is 34.3 Å². The molecule has 0 atom stereocenters.